The molecule has 5 heteroatoms. The Morgan fingerprint density at radius 2 is 1.92 bits per heavy atom. The highest BCUT2D eigenvalue weighted by atomic mass is 16.7. The molecule has 2 aromatic carbocycles. The third kappa shape index (κ3) is 3.36. The zero-order chi connectivity index (χ0) is 17.9. The Hall–Kier alpha value is -2.63. The second-order valence-corrected chi connectivity index (χ2v) is 6.58. The van der Waals surface area contributed by atoms with Gasteiger partial charge in [0, 0.05) is 18.2 Å². The van der Waals surface area contributed by atoms with Crippen LogP contribution < -0.4 is 4.74 Å². The summed E-state index contributed by atoms with van der Waals surface area (Å²) in [7, 11) is 1.67. The summed E-state index contributed by atoms with van der Waals surface area (Å²) in [6.45, 7) is 1.29. The van der Waals surface area contributed by atoms with Crippen LogP contribution in [0.25, 0.3) is 0 Å². The molecule has 1 saturated heterocycles. The fourth-order valence-electron chi connectivity index (χ4n) is 3.50. The molecule has 5 nitrogen and oxygen atoms in total. The third-order valence-electron chi connectivity index (χ3n) is 4.92. The van der Waals surface area contributed by atoms with Crippen LogP contribution in [0, 0.1) is 0 Å². The Morgan fingerprint density at radius 3 is 2.62 bits per heavy atom. The minimum Gasteiger partial charge on any atom is -0.497 e. The first-order valence-corrected chi connectivity index (χ1v) is 8.82. The number of nitrogens with zero attached hydrogens (tertiary/aromatic N) is 2. The van der Waals surface area contributed by atoms with E-state index >= 15 is 0 Å². The second-order valence-electron chi connectivity index (χ2n) is 6.58. The molecule has 2 heterocycles. The van der Waals surface area contributed by atoms with Crippen LogP contribution in [0.5, 0.6) is 5.75 Å². The number of hydroxylamine groups is 2. The summed E-state index contributed by atoms with van der Waals surface area (Å²) in [6, 6.07) is 17.6. The molecular weight excluding hydrogens is 328 g/mol. The van der Waals surface area contributed by atoms with Gasteiger partial charge in [-0.2, -0.15) is 0 Å². The maximum absolute atomic E-state index is 12.7. The van der Waals surface area contributed by atoms with Crippen molar-refractivity contribution in [1.29, 1.82) is 0 Å². The van der Waals surface area contributed by atoms with Crippen molar-refractivity contribution in [2.45, 2.75) is 18.6 Å². The normalized spacial score (nSPS) is 24.3. The summed E-state index contributed by atoms with van der Waals surface area (Å²) < 4.78 is 5.23. The van der Waals surface area contributed by atoms with E-state index in [0.29, 0.717) is 12.2 Å². The van der Waals surface area contributed by atoms with Gasteiger partial charge in [-0.1, -0.05) is 42.5 Å². The smallest absolute Gasteiger partial charge is 0.278 e. The molecule has 0 spiro atoms. The highest BCUT2D eigenvalue weighted by molar-refractivity contribution is 5.93. The van der Waals surface area contributed by atoms with Crippen molar-refractivity contribution in [3.63, 3.8) is 0 Å². The Bertz CT molecular complexity index is 789. The van der Waals surface area contributed by atoms with Crippen molar-refractivity contribution < 1.29 is 14.4 Å². The molecule has 0 saturated carbocycles. The van der Waals surface area contributed by atoms with Crippen LogP contribution in [0.1, 0.15) is 15.9 Å². The average molecular weight is 350 g/mol. The zero-order valence-corrected chi connectivity index (χ0v) is 14.7. The standard InChI is InChI=1S/C21H22N2O3/c1-25-18-11-9-16(10-12-18)14-19-20-8-5-13-22(19)15-23(26-20)21(24)17-6-3-2-4-7-17/h2-12,19-20H,13-15H2,1H3. The number of benzene rings is 2. The number of fused-ring (bicyclic) bond motifs is 2. The number of carbonyl (C=O) groups is 1. The van der Waals surface area contributed by atoms with Crippen LogP contribution in [0.2, 0.25) is 0 Å². The molecule has 134 valence electrons. The lowest BCUT2D eigenvalue weighted by Gasteiger charge is -2.46. The first-order chi connectivity index (χ1) is 12.7. The van der Waals surface area contributed by atoms with Gasteiger partial charge in [0.15, 0.2) is 0 Å². The summed E-state index contributed by atoms with van der Waals surface area (Å²) in [5.74, 6) is 0.757. The van der Waals surface area contributed by atoms with Gasteiger partial charge in [-0.15, -0.1) is 0 Å². The van der Waals surface area contributed by atoms with Gasteiger partial charge in [-0.05, 0) is 36.2 Å². The zero-order valence-electron chi connectivity index (χ0n) is 14.7. The minimum absolute atomic E-state index is 0.0983. The van der Waals surface area contributed by atoms with E-state index in [1.54, 1.807) is 7.11 Å². The van der Waals surface area contributed by atoms with E-state index in [9.17, 15) is 4.79 Å². The van der Waals surface area contributed by atoms with Crippen molar-refractivity contribution in [3.05, 3.63) is 77.9 Å². The fourth-order valence-corrected chi connectivity index (χ4v) is 3.50. The maximum atomic E-state index is 12.7. The predicted octanol–water partition coefficient (Wildman–Crippen LogP) is 2.89. The van der Waals surface area contributed by atoms with Crippen LogP contribution in [0.3, 0.4) is 0 Å². The summed E-state index contributed by atoms with van der Waals surface area (Å²) in [6.07, 6.45) is 4.91. The minimum atomic E-state index is -0.132. The van der Waals surface area contributed by atoms with Crippen LogP contribution >= 0.6 is 0 Å². The summed E-state index contributed by atoms with van der Waals surface area (Å²) in [5.41, 5.74) is 1.87. The lowest BCUT2D eigenvalue weighted by molar-refractivity contribution is -0.230. The molecule has 0 aliphatic carbocycles. The van der Waals surface area contributed by atoms with Gasteiger partial charge >= 0.3 is 0 Å². The largest absolute Gasteiger partial charge is 0.497 e. The molecule has 3 atom stereocenters. The molecule has 2 aliphatic heterocycles. The van der Waals surface area contributed by atoms with Crippen molar-refractivity contribution in [2.24, 2.45) is 0 Å². The van der Waals surface area contributed by atoms with Gasteiger partial charge < -0.3 is 4.74 Å². The molecule has 0 radical (unpaired) electrons. The SMILES string of the molecule is COc1ccc(CC2C3C=CCN2CN(C(=O)c2ccccc2)O3)cc1. The van der Waals surface area contributed by atoms with Gasteiger partial charge in [0.05, 0.1) is 7.11 Å². The molecule has 0 N–H and O–H groups in total. The van der Waals surface area contributed by atoms with E-state index in [1.165, 1.54) is 10.6 Å². The fraction of sp³-hybridized carbons (Fsp3) is 0.286. The highest BCUT2D eigenvalue weighted by Crippen LogP contribution is 2.27. The van der Waals surface area contributed by atoms with E-state index in [4.69, 9.17) is 9.57 Å². The number of amides is 1. The summed E-state index contributed by atoms with van der Waals surface area (Å²) >= 11 is 0. The lowest BCUT2D eigenvalue weighted by Crippen LogP contribution is -2.60. The monoisotopic (exact) mass is 350 g/mol. The Labute approximate surface area is 153 Å². The number of ether oxygens (including phenoxy) is 1. The topological polar surface area (TPSA) is 42.0 Å². The molecule has 1 amide bonds. The van der Waals surface area contributed by atoms with Crippen LogP contribution in [0.4, 0.5) is 0 Å². The summed E-state index contributed by atoms with van der Waals surface area (Å²) in [4.78, 5) is 21.0. The third-order valence-corrected chi connectivity index (χ3v) is 4.92. The molecule has 3 unspecified atom stereocenters. The molecule has 26 heavy (non-hydrogen) atoms. The highest BCUT2D eigenvalue weighted by Gasteiger charge is 2.38. The lowest BCUT2D eigenvalue weighted by atomic mass is 9.96. The Morgan fingerprint density at radius 1 is 1.15 bits per heavy atom. The van der Waals surface area contributed by atoms with E-state index in [-0.39, 0.29) is 18.1 Å². The maximum Gasteiger partial charge on any atom is 0.278 e. The molecule has 2 aliphatic rings. The predicted molar refractivity (Wildman–Crippen MR) is 98.7 cm³/mol. The number of hydrogen-bond donors (Lipinski definition) is 0. The van der Waals surface area contributed by atoms with Crippen molar-refractivity contribution in [1.82, 2.24) is 9.96 Å². The molecule has 1 fully saturated rings. The van der Waals surface area contributed by atoms with Gasteiger partial charge in [-0.25, -0.2) is 5.06 Å². The van der Waals surface area contributed by atoms with Crippen molar-refractivity contribution >= 4 is 5.91 Å². The van der Waals surface area contributed by atoms with E-state index in [2.05, 4.69) is 29.2 Å². The summed E-state index contributed by atoms with van der Waals surface area (Å²) in [5, 5.41) is 1.48. The number of hydrogen-bond acceptors (Lipinski definition) is 4. The van der Waals surface area contributed by atoms with Crippen molar-refractivity contribution in [3.8, 4) is 5.75 Å². The average Bonchev–Trinajstić information content (AvgIpc) is 2.68. The number of carbonyl (C=O) groups excluding carboxylic acids is 1. The number of methoxy groups -OCH3 is 1. The van der Waals surface area contributed by atoms with Gasteiger partial charge in [0.1, 0.15) is 18.5 Å². The first-order valence-electron chi connectivity index (χ1n) is 8.82. The molecule has 2 aromatic rings. The molecule has 0 aromatic heterocycles. The van der Waals surface area contributed by atoms with Crippen LogP contribution in [-0.4, -0.2) is 48.3 Å². The van der Waals surface area contributed by atoms with E-state index in [0.717, 1.165) is 18.7 Å². The van der Waals surface area contributed by atoms with E-state index < -0.39 is 0 Å². The second kappa shape index (κ2) is 7.32. The molecule has 4 rings (SSSR count). The Kier molecular flexibility index (Phi) is 4.73. The van der Waals surface area contributed by atoms with Crippen LogP contribution in [0.15, 0.2) is 66.7 Å². The Balaban J connectivity index is 1.48. The first kappa shape index (κ1) is 16.8. The molecule has 2 bridgehead atoms. The van der Waals surface area contributed by atoms with Gasteiger partial charge in [-0.3, -0.25) is 14.5 Å². The van der Waals surface area contributed by atoms with E-state index in [1.807, 2.05) is 42.5 Å². The van der Waals surface area contributed by atoms with Crippen LogP contribution in [-0.2, 0) is 11.3 Å². The molecular formula is C21H22N2O3. The van der Waals surface area contributed by atoms with Crippen molar-refractivity contribution in [2.75, 3.05) is 20.3 Å². The van der Waals surface area contributed by atoms with Gasteiger partial charge in [0.25, 0.3) is 5.91 Å². The number of rotatable bonds is 4. The van der Waals surface area contributed by atoms with Gasteiger partial charge in [0.2, 0.25) is 0 Å². The quantitative estimate of drug-likeness (QED) is 0.795.